The zero-order valence-electron chi connectivity index (χ0n) is 16.6. The molecular weight excluding hydrogens is 352 g/mol. The number of carbonyl (C=O) groups is 3. The Labute approximate surface area is 160 Å². The number of hydrogen-bond acceptors (Lipinski definition) is 5. The van der Waals surface area contributed by atoms with Crippen molar-refractivity contribution < 1.29 is 19.1 Å². The van der Waals surface area contributed by atoms with Crippen LogP contribution in [0.25, 0.3) is 0 Å². The number of ether oxygens (including phenoxy) is 1. The van der Waals surface area contributed by atoms with E-state index in [1.165, 1.54) is 11.8 Å². The number of amides is 2. The second kappa shape index (κ2) is 9.26. The molecule has 0 aromatic heterocycles. The van der Waals surface area contributed by atoms with E-state index in [-0.39, 0.29) is 24.8 Å². The summed E-state index contributed by atoms with van der Waals surface area (Å²) in [6.07, 6.45) is 2.16. The van der Waals surface area contributed by atoms with E-state index in [0.717, 1.165) is 11.1 Å². The van der Waals surface area contributed by atoms with Crippen LogP contribution in [0.5, 0.6) is 0 Å². The molecule has 0 radical (unpaired) electrons. The number of carbonyl (C=O) groups excluding carboxylic acids is 3. The van der Waals surface area contributed by atoms with E-state index in [9.17, 15) is 14.4 Å². The van der Waals surface area contributed by atoms with Crippen LogP contribution in [0.4, 0.5) is 4.79 Å². The molecule has 1 atom stereocenters. The summed E-state index contributed by atoms with van der Waals surface area (Å²) in [6.45, 7) is 13.5. The number of allylic oxidation sites excluding steroid dienone is 2. The molecule has 6 nitrogen and oxygen atoms in total. The zero-order valence-corrected chi connectivity index (χ0v) is 17.4. The van der Waals surface area contributed by atoms with Gasteiger partial charge in [0.15, 0.2) is 5.78 Å². The Morgan fingerprint density at radius 2 is 1.96 bits per heavy atom. The van der Waals surface area contributed by atoms with Gasteiger partial charge in [-0.3, -0.25) is 9.59 Å². The van der Waals surface area contributed by atoms with Gasteiger partial charge in [-0.1, -0.05) is 12.2 Å². The number of rotatable bonds is 7. The Morgan fingerprint density at radius 1 is 1.35 bits per heavy atom. The normalized spacial score (nSPS) is 18.5. The van der Waals surface area contributed by atoms with Crippen LogP contribution in [0.1, 0.15) is 47.5 Å². The molecule has 7 heteroatoms. The van der Waals surface area contributed by atoms with Gasteiger partial charge in [-0.2, -0.15) is 0 Å². The summed E-state index contributed by atoms with van der Waals surface area (Å²) in [5.41, 5.74) is 1.11. The third-order valence-corrected chi connectivity index (χ3v) is 4.98. The Hall–Kier alpha value is -1.76. The third kappa shape index (κ3) is 6.20. The van der Waals surface area contributed by atoms with Crippen LogP contribution in [-0.2, 0) is 14.3 Å². The monoisotopic (exact) mass is 382 g/mol. The Balaban J connectivity index is 2.77. The number of nitrogens with zero attached hydrogens (tertiary/aromatic N) is 1. The molecule has 0 unspecified atom stereocenters. The highest BCUT2D eigenvalue weighted by molar-refractivity contribution is 8.03. The van der Waals surface area contributed by atoms with Gasteiger partial charge in [-0.25, -0.2) is 4.79 Å². The highest BCUT2D eigenvalue weighted by Crippen LogP contribution is 2.29. The molecule has 1 aliphatic rings. The van der Waals surface area contributed by atoms with E-state index >= 15 is 0 Å². The number of alkyl carbamates (subject to hydrolysis) is 1. The van der Waals surface area contributed by atoms with Gasteiger partial charge in [-0.15, -0.1) is 11.8 Å². The van der Waals surface area contributed by atoms with Crippen LogP contribution < -0.4 is 5.32 Å². The lowest BCUT2D eigenvalue weighted by Crippen LogP contribution is -2.44. The number of nitrogens with one attached hydrogen (secondary N) is 1. The van der Waals surface area contributed by atoms with Crippen molar-refractivity contribution in [2.24, 2.45) is 0 Å². The lowest BCUT2D eigenvalue weighted by atomic mass is 10.0. The van der Waals surface area contributed by atoms with Crippen LogP contribution in [0.3, 0.4) is 0 Å². The summed E-state index contributed by atoms with van der Waals surface area (Å²) < 4.78 is 5.18. The third-order valence-electron chi connectivity index (χ3n) is 4.06. The molecule has 0 saturated carbocycles. The second-order valence-corrected chi connectivity index (χ2v) is 8.19. The molecule has 0 aromatic carbocycles. The fraction of sp³-hybridized carbons (Fsp3) is 0.632. The molecule has 0 aromatic rings. The maximum atomic E-state index is 12.9. The van der Waals surface area contributed by atoms with Gasteiger partial charge in [-0.05, 0) is 52.9 Å². The molecule has 1 saturated heterocycles. The molecule has 0 aliphatic carbocycles. The fourth-order valence-corrected chi connectivity index (χ4v) is 3.48. The van der Waals surface area contributed by atoms with Crippen molar-refractivity contribution in [3.05, 3.63) is 22.6 Å². The first kappa shape index (κ1) is 22.3. The number of likely N-dealkylation sites (tertiary alicyclic amines) is 1. The molecule has 0 bridgehead atoms. The minimum Gasteiger partial charge on any atom is -0.444 e. The molecular formula is C19H30N2O4S. The largest absolute Gasteiger partial charge is 0.444 e. The maximum Gasteiger partial charge on any atom is 0.407 e. The Kier molecular flexibility index (Phi) is 7.93. The predicted molar refractivity (Wildman–Crippen MR) is 105 cm³/mol. The summed E-state index contributed by atoms with van der Waals surface area (Å²) in [5, 5.41) is 2.63. The van der Waals surface area contributed by atoms with Crippen molar-refractivity contribution in [2.75, 3.05) is 19.3 Å². The van der Waals surface area contributed by atoms with Crippen molar-refractivity contribution >= 4 is 29.5 Å². The summed E-state index contributed by atoms with van der Waals surface area (Å²) in [6, 6.07) is -0.486. The van der Waals surface area contributed by atoms with E-state index in [1.807, 2.05) is 20.1 Å². The van der Waals surface area contributed by atoms with Crippen molar-refractivity contribution in [3.63, 3.8) is 0 Å². The van der Waals surface area contributed by atoms with Crippen molar-refractivity contribution in [2.45, 2.75) is 59.1 Å². The quantitative estimate of drug-likeness (QED) is 0.540. The predicted octanol–water partition coefficient (Wildman–Crippen LogP) is 3.28. The Bertz CT molecular complexity index is 620. The molecule has 1 fully saturated rings. The van der Waals surface area contributed by atoms with Crippen molar-refractivity contribution in [1.82, 2.24) is 10.2 Å². The molecule has 1 aliphatic heterocycles. The average molecular weight is 383 g/mol. The van der Waals surface area contributed by atoms with Crippen LogP contribution >= 0.6 is 11.8 Å². The summed E-state index contributed by atoms with van der Waals surface area (Å²) in [5.74, 6) is -0.121. The molecule has 1 N–H and O–H groups in total. The minimum atomic E-state index is -0.579. The van der Waals surface area contributed by atoms with Gasteiger partial charge in [0.1, 0.15) is 5.60 Å². The molecule has 2 amide bonds. The first-order valence-electron chi connectivity index (χ1n) is 8.69. The molecule has 146 valence electrons. The van der Waals surface area contributed by atoms with E-state index in [0.29, 0.717) is 17.7 Å². The van der Waals surface area contributed by atoms with E-state index < -0.39 is 17.7 Å². The van der Waals surface area contributed by atoms with Crippen LogP contribution in [0.15, 0.2) is 22.6 Å². The van der Waals surface area contributed by atoms with Gasteiger partial charge in [0, 0.05) is 19.5 Å². The average Bonchev–Trinajstić information content (AvgIpc) is 2.87. The molecule has 1 rings (SSSR count). The van der Waals surface area contributed by atoms with Gasteiger partial charge in [0.05, 0.1) is 10.9 Å². The van der Waals surface area contributed by atoms with E-state index in [1.54, 1.807) is 25.7 Å². The smallest absolute Gasteiger partial charge is 0.407 e. The van der Waals surface area contributed by atoms with Gasteiger partial charge in [0.25, 0.3) is 0 Å². The first-order chi connectivity index (χ1) is 12.0. The highest BCUT2D eigenvalue weighted by Gasteiger charge is 2.37. The number of hydrogen-bond donors (Lipinski definition) is 1. The summed E-state index contributed by atoms with van der Waals surface area (Å²) in [4.78, 5) is 39.1. The SMILES string of the molecule is C=C(C)/C(C)=C(\SC)C(=O)[C@@H]1CCC(=O)N1CCNC(=O)OC(C)(C)C. The van der Waals surface area contributed by atoms with Crippen LogP contribution in [0.2, 0.25) is 0 Å². The summed E-state index contributed by atoms with van der Waals surface area (Å²) in [7, 11) is 0. The van der Waals surface area contributed by atoms with Gasteiger partial charge < -0.3 is 15.0 Å². The maximum absolute atomic E-state index is 12.9. The lowest BCUT2D eigenvalue weighted by Gasteiger charge is -2.25. The topological polar surface area (TPSA) is 75.7 Å². The van der Waals surface area contributed by atoms with Crippen molar-refractivity contribution in [1.29, 1.82) is 0 Å². The number of ketones is 1. The van der Waals surface area contributed by atoms with Gasteiger partial charge >= 0.3 is 6.09 Å². The fourth-order valence-electron chi connectivity index (χ4n) is 2.66. The number of Topliss-reactive ketones (excluding diaryl/α,β-unsaturated/α-hetero) is 1. The van der Waals surface area contributed by atoms with Crippen LogP contribution in [-0.4, -0.2) is 53.7 Å². The Morgan fingerprint density at radius 3 is 2.46 bits per heavy atom. The number of thioether (sulfide) groups is 1. The standard InChI is InChI=1S/C19H30N2O4S/c1-12(2)13(3)17(26-7)16(23)14-8-9-15(22)21(14)11-10-20-18(24)25-19(4,5)6/h14H,1,8-11H2,2-7H3,(H,20,24)/b17-13-/t14-/m0/s1. The first-order valence-corrected chi connectivity index (χ1v) is 9.91. The minimum absolute atomic E-state index is 0.0545. The van der Waals surface area contributed by atoms with E-state index in [2.05, 4.69) is 11.9 Å². The second-order valence-electron chi connectivity index (χ2n) is 7.37. The lowest BCUT2D eigenvalue weighted by molar-refractivity contribution is -0.132. The molecule has 1 heterocycles. The summed E-state index contributed by atoms with van der Waals surface area (Å²) >= 11 is 1.38. The van der Waals surface area contributed by atoms with Gasteiger partial charge in [0.2, 0.25) is 5.91 Å². The van der Waals surface area contributed by atoms with Crippen molar-refractivity contribution in [3.8, 4) is 0 Å². The molecule has 0 spiro atoms. The molecule has 26 heavy (non-hydrogen) atoms. The zero-order chi connectivity index (χ0) is 20.1. The van der Waals surface area contributed by atoms with E-state index in [4.69, 9.17) is 4.74 Å². The van der Waals surface area contributed by atoms with Crippen LogP contribution in [0, 0.1) is 0 Å². The highest BCUT2D eigenvalue weighted by atomic mass is 32.2.